The summed E-state index contributed by atoms with van der Waals surface area (Å²) in [5, 5.41) is 11.1. The third kappa shape index (κ3) is 4.21. The first-order valence-electron chi connectivity index (χ1n) is 14.2. The van der Waals surface area contributed by atoms with E-state index in [9.17, 15) is 0 Å². The highest BCUT2D eigenvalue weighted by atomic mass is 15.0. The van der Waals surface area contributed by atoms with Crippen LogP contribution in [-0.2, 0) is 0 Å². The largest absolute Gasteiger partial charge is 0.373 e. The van der Waals surface area contributed by atoms with E-state index in [2.05, 4.69) is 112 Å². The second kappa shape index (κ2) is 10.1. The predicted octanol–water partition coefficient (Wildman–Crippen LogP) is 8.91. The van der Waals surface area contributed by atoms with Crippen molar-refractivity contribution in [1.82, 2.24) is 20.3 Å². The molecular formula is C38H26N4. The number of rotatable bonds is 4. The predicted molar refractivity (Wildman–Crippen MR) is 173 cm³/mol. The minimum absolute atomic E-state index is 0.0402. The summed E-state index contributed by atoms with van der Waals surface area (Å²) in [6.45, 7) is 0. The number of allylic oxidation sites excluding steroid dienone is 2. The number of aromatic nitrogens is 3. The first-order valence-corrected chi connectivity index (χ1v) is 14.2. The van der Waals surface area contributed by atoms with Gasteiger partial charge in [0.25, 0.3) is 0 Å². The molecule has 8 rings (SSSR count). The molecule has 0 aliphatic carbocycles. The summed E-state index contributed by atoms with van der Waals surface area (Å²) in [4.78, 5) is 14.0. The van der Waals surface area contributed by atoms with Gasteiger partial charge >= 0.3 is 0 Å². The van der Waals surface area contributed by atoms with E-state index in [1.807, 2.05) is 42.6 Å². The first kappa shape index (κ1) is 24.2. The van der Waals surface area contributed by atoms with E-state index in [-0.39, 0.29) is 6.04 Å². The van der Waals surface area contributed by atoms with Crippen molar-refractivity contribution in [2.24, 2.45) is 0 Å². The fraction of sp³-hybridized carbons (Fsp3) is 0.0263. The van der Waals surface area contributed by atoms with Gasteiger partial charge in [0.15, 0.2) is 0 Å². The second-order valence-electron chi connectivity index (χ2n) is 10.5. The van der Waals surface area contributed by atoms with Crippen LogP contribution in [-0.4, -0.2) is 15.0 Å². The van der Waals surface area contributed by atoms with Crippen LogP contribution in [0.15, 0.2) is 146 Å². The molecule has 4 heterocycles. The van der Waals surface area contributed by atoms with Crippen molar-refractivity contribution in [3.63, 3.8) is 0 Å². The van der Waals surface area contributed by atoms with Gasteiger partial charge in [-0.15, -0.1) is 0 Å². The maximum atomic E-state index is 4.97. The third-order valence-corrected chi connectivity index (χ3v) is 8.00. The van der Waals surface area contributed by atoms with Gasteiger partial charge in [-0.25, -0.2) is 4.98 Å². The molecule has 0 amide bonds. The van der Waals surface area contributed by atoms with Gasteiger partial charge in [0.05, 0.1) is 28.8 Å². The van der Waals surface area contributed by atoms with E-state index in [4.69, 9.17) is 4.98 Å². The van der Waals surface area contributed by atoms with Gasteiger partial charge in [-0.3, -0.25) is 9.97 Å². The van der Waals surface area contributed by atoms with Gasteiger partial charge in [0, 0.05) is 23.7 Å². The second-order valence-corrected chi connectivity index (χ2v) is 10.5. The topological polar surface area (TPSA) is 50.7 Å². The van der Waals surface area contributed by atoms with Crippen LogP contribution in [0.3, 0.4) is 0 Å². The zero-order valence-electron chi connectivity index (χ0n) is 22.8. The lowest BCUT2D eigenvalue weighted by Gasteiger charge is -2.22. The molecule has 1 unspecified atom stereocenters. The average molecular weight is 539 g/mol. The number of pyridine rings is 3. The number of hydrogen-bond acceptors (Lipinski definition) is 4. The van der Waals surface area contributed by atoms with Crippen LogP contribution >= 0.6 is 0 Å². The molecule has 0 fully saturated rings. The molecule has 198 valence electrons. The summed E-state index contributed by atoms with van der Waals surface area (Å²) < 4.78 is 0. The highest BCUT2D eigenvalue weighted by Gasteiger charge is 2.16. The summed E-state index contributed by atoms with van der Waals surface area (Å²) in [7, 11) is 0. The Morgan fingerprint density at radius 3 is 1.88 bits per heavy atom. The number of hydrogen-bond donors (Lipinski definition) is 1. The average Bonchev–Trinajstić information content (AvgIpc) is 3.09. The van der Waals surface area contributed by atoms with Gasteiger partial charge in [-0.1, -0.05) is 78.9 Å². The van der Waals surface area contributed by atoms with Gasteiger partial charge in [-0.2, -0.15) is 0 Å². The standard InChI is InChI=1S/C38H26N4/c1-2-10-28-27(9-1)31-23-25(33-13-7-15-37(41-33)35-11-3-5-21-39-35)17-19-29(31)30-20-18-26(24-32(28)30)34-14-8-16-38(42-34)36-12-4-6-22-40-36/h1-24,37,41H. The molecule has 4 aromatic carbocycles. The Balaban J connectivity index is 1.24. The lowest BCUT2D eigenvalue weighted by molar-refractivity contribution is 0.737. The van der Waals surface area contributed by atoms with E-state index >= 15 is 0 Å². The van der Waals surface area contributed by atoms with Crippen molar-refractivity contribution < 1.29 is 0 Å². The number of nitrogens with one attached hydrogen (secondary N) is 1. The minimum Gasteiger partial charge on any atom is -0.373 e. The lowest BCUT2D eigenvalue weighted by Crippen LogP contribution is -2.21. The minimum atomic E-state index is 0.0402. The van der Waals surface area contributed by atoms with Crippen molar-refractivity contribution in [1.29, 1.82) is 0 Å². The van der Waals surface area contributed by atoms with Crippen LogP contribution in [0.4, 0.5) is 0 Å². The van der Waals surface area contributed by atoms with Gasteiger partial charge < -0.3 is 5.32 Å². The maximum Gasteiger partial charge on any atom is 0.0893 e. The van der Waals surface area contributed by atoms with Gasteiger partial charge in [0.1, 0.15) is 0 Å². The van der Waals surface area contributed by atoms with Crippen molar-refractivity contribution >= 4 is 38.0 Å². The fourth-order valence-electron chi connectivity index (χ4n) is 5.97. The zero-order valence-corrected chi connectivity index (χ0v) is 22.8. The van der Waals surface area contributed by atoms with E-state index in [1.165, 1.54) is 32.3 Å². The van der Waals surface area contributed by atoms with Crippen LogP contribution in [0.25, 0.3) is 60.7 Å². The number of dihydropyridines is 1. The van der Waals surface area contributed by atoms with E-state index < -0.39 is 0 Å². The van der Waals surface area contributed by atoms with E-state index in [0.717, 1.165) is 39.6 Å². The normalized spacial score (nSPS) is 14.7. The van der Waals surface area contributed by atoms with Crippen LogP contribution in [0.2, 0.25) is 0 Å². The summed E-state index contributed by atoms with van der Waals surface area (Å²) in [6.07, 6.45) is 10.1. The molecule has 7 aromatic rings. The van der Waals surface area contributed by atoms with Gasteiger partial charge in [-0.05, 0) is 92.5 Å². The summed E-state index contributed by atoms with van der Waals surface area (Å²) >= 11 is 0. The monoisotopic (exact) mass is 538 g/mol. The summed E-state index contributed by atoms with van der Waals surface area (Å²) in [6, 6.07) is 40.3. The van der Waals surface area contributed by atoms with Crippen LogP contribution in [0.1, 0.15) is 17.3 Å². The molecule has 0 saturated carbocycles. The molecule has 4 heteroatoms. The quantitative estimate of drug-likeness (QED) is 0.227. The van der Waals surface area contributed by atoms with E-state index in [1.54, 1.807) is 6.20 Å². The molecule has 0 saturated heterocycles. The zero-order chi connectivity index (χ0) is 27.9. The highest BCUT2D eigenvalue weighted by Crippen LogP contribution is 2.38. The fourth-order valence-corrected chi connectivity index (χ4v) is 5.97. The molecule has 42 heavy (non-hydrogen) atoms. The Kier molecular flexibility index (Phi) is 5.82. The molecule has 0 bridgehead atoms. The Bertz CT molecular complexity index is 2150. The Labute approximate surface area is 243 Å². The van der Waals surface area contributed by atoms with Crippen molar-refractivity contribution in [3.05, 3.63) is 157 Å². The van der Waals surface area contributed by atoms with Crippen LogP contribution in [0, 0.1) is 0 Å². The van der Waals surface area contributed by atoms with Crippen LogP contribution in [0.5, 0.6) is 0 Å². The molecule has 1 atom stereocenters. The Hall–Kier alpha value is -5.61. The Morgan fingerprint density at radius 2 is 1.14 bits per heavy atom. The van der Waals surface area contributed by atoms with Crippen LogP contribution < -0.4 is 5.32 Å². The third-order valence-electron chi connectivity index (χ3n) is 8.00. The maximum absolute atomic E-state index is 4.97. The molecule has 3 aromatic heterocycles. The van der Waals surface area contributed by atoms with Crippen molar-refractivity contribution in [3.8, 4) is 22.6 Å². The first-order chi connectivity index (χ1) is 20.8. The molecule has 1 aliphatic heterocycles. The molecule has 1 aliphatic rings. The van der Waals surface area contributed by atoms with Gasteiger partial charge in [0.2, 0.25) is 0 Å². The van der Waals surface area contributed by atoms with E-state index in [0.29, 0.717) is 0 Å². The molecule has 1 N–H and O–H groups in total. The smallest absolute Gasteiger partial charge is 0.0893 e. The molecule has 0 spiro atoms. The SMILES string of the molecule is C1=CC(c2ccccn2)NC(c2ccc3c4ccc(-c5cccc(-c6ccccn6)n5)cc4c4ccccc4c3c2)=C1. The van der Waals surface area contributed by atoms with Crippen molar-refractivity contribution in [2.45, 2.75) is 6.04 Å². The number of nitrogens with zero attached hydrogens (tertiary/aromatic N) is 3. The highest BCUT2D eigenvalue weighted by molar-refractivity contribution is 6.26. The Morgan fingerprint density at radius 1 is 0.500 bits per heavy atom. The number of fused-ring (bicyclic) bond motifs is 6. The molecule has 4 nitrogen and oxygen atoms in total. The molecular weight excluding hydrogens is 512 g/mol. The molecule has 0 radical (unpaired) electrons. The number of benzene rings is 4. The van der Waals surface area contributed by atoms with Crippen molar-refractivity contribution in [2.75, 3.05) is 0 Å². The summed E-state index contributed by atoms with van der Waals surface area (Å²) in [5.41, 5.74) is 7.02. The lowest BCUT2D eigenvalue weighted by atomic mass is 9.91. The summed E-state index contributed by atoms with van der Waals surface area (Å²) in [5.74, 6) is 0.